The summed E-state index contributed by atoms with van der Waals surface area (Å²) in [6.07, 6.45) is 1.46. The number of hydrogen-bond donors (Lipinski definition) is 1. The maximum absolute atomic E-state index is 12.8. The highest BCUT2D eigenvalue weighted by atomic mass is 35.5. The molecular weight excluding hydrogens is 507 g/mol. The van der Waals surface area contributed by atoms with Crippen LogP contribution in [0.5, 0.6) is 5.75 Å². The van der Waals surface area contributed by atoms with Crippen LogP contribution >= 0.6 is 34.5 Å². The Morgan fingerprint density at radius 1 is 1.14 bits per heavy atom. The number of hydrogen-bond acceptors (Lipinski definition) is 6. The molecule has 0 fully saturated rings. The van der Waals surface area contributed by atoms with Gasteiger partial charge in [0.2, 0.25) is 0 Å². The number of carbonyl (C=O) groups excluding carboxylic acids is 2. The molecule has 0 aliphatic carbocycles. The Labute approximate surface area is 217 Å². The SMILES string of the molecule is CCOC(=O)c1c(NC(=O)/C(C#N)=C/c2ccc(OCc3ccc(Cl)cc3Cl)cc2)sc(C)c1C. The number of rotatable bonds is 8. The van der Waals surface area contributed by atoms with Crippen LogP contribution in [0.15, 0.2) is 48.0 Å². The smallest absolute Gasteiger partial charge is 0.341 e. The van der Waals surface area contributed by atoms with Crippen molar-refractivity contribution < 1.29 is 19.1 Å². The Hall–Kier alpha value is -3.31. The van der Waals surface area contributed by atoms with Crippen LogP contribution in [0, 0.1) is 25.2 Å². The molecule has 180 valence electrons. The normalized spacial score (nSPS) is 11.0. The third-order valence-corrected chi connectivity index (χ3v) is 6.77. The molecule has 6 nitrogen and oxygen atoms in total. The summed E-state index contributed by atoms with van der Waals surface area (Å²) in [4.78, 5) is 26.0. The standard InChI is InChI=1S/C26H22Cl2N2O4S/c1-4-33-26(32)23-15(2)16(3)35-25(23)30-24(31)19(13-29)11-17-5-9-21(10-6-17)34-14-18-7-8-20(27)12-22(18)28/h5-12H,4,14H2,1-3H3,(H,30,31)/b19-11+. The van der Waals surface area contributed by atoms with E-state index in [0.29, 0.717) is 31.9 Å². The van der Waals surface area contributed by atoms with Gasteiger partial charge in [0.25, 0.3) is 5.91 Å². The van der Waals surface area contributed by atoms with Gasteiger partial charge in [0, 0.05) is 20.5 Å². The van der Waals surface area contributed by atoms with Crippen LogP contribution in [0.1, 0.15) is 38.8 Å². The number of nitrogens with one attached hydrogen (secondary N) is 1. The van der Waals surface area contributed by atoms with E-state index in [0.717, 1.165) is 16.0 Å². The number of aryl methyl sites for hydroxylation is 1. The van der Waals surface area contributed by atoms with Crippen molar-refractivity contribution in [3.8, 4) is 11.8 Å². The summed E-state index contributed by atoms with van der Waals surface area (Å²) in [6.45, 7) is 5.84. The molecule has 0 aliphatic rings. The zero-order valence-corrected chi connectivity index (χ0v) is 21.6. The molecule has 1 aromatic heterocycles. The van der Waals surface area contributed by atoms with Crippen molar-refractivity contribution in [1.82, 2.24) is 0 Å². The summed E-state index contributed by atoms with van der Waals surface area (Å²) < 4.78 is 10.9. The predicted octanol–water partition coefficient (Wildman–Crippen LogP) is 6.97. The molecule has 35 heavy (non-hydrogen) atoms. The number of nitrogens with zero attached hydrogens (tertiary/aromatic N) is 1. The van der Waals surface area contributed by atoms with Gasteiger partial charge in [0.15, 0.2) is 0 Å². The van der Waals surface area contributed by atoms with Crippen LogP contribution in [0.4, 0.5) is 5.00 Å². The summed E-state index contributed by atoms with van der Waals surface area (Å²) in [6, 6.07) is 14.0. The Kier molecular flexibility index (Phi) is 8.94. The molecule has 0 saturated carbocycles. The van der Waals surface area contributed by atoms with Gasteiger partial charge >= 0.3 is 5.97 Å². The van der Waals surface area contributed by atoms with Crippen molar-refractivity contribution in [2.45, 2.75) is 27.4 Å². The molecule has 3 rings (SSSR count). The van der Waals surface area contributed by atoms with E-state index in [1.165, 1.54) is 17.4 Å². The second-order valence-corrected chi connectivity index (χ2v) is 9.49. The number of amides is 1. The first kappa shape index (κ1) is 26.3. The average Bonchev–Trinajstić information content (AvgIpc) is 3.10. The lowest BCUT2D eigenvalue weighted by Gasteiger charge is -2.09. The Bertz CT molecular complexity index is 1320. The monoisotopic (exact) mass is 528 g/mol. The summed E-state index contributed by atoms with van der Waals surface area (Å²) in [5.41, 5.74) is 2.37. The van der Waals surface area contributed by atoms with Crippen molar-refractivity contribution in [3.63, 3.8) is 0 Å². The fourth-order valence-electron chi connectivity index (χ4n) is 3.11. The van der Waals surface area contributed by atoms with E-state index in [4.69, 9.17) is 32.7 Å². The molecule has 0 atom stereocenters. The van der Waals surface area contributed by atoms with Crippen molar-refractivity contribution in [1.29, 1.82) is 5.26 Å². The molecule has 0 saturated heterocycles. The maximum atomic E-state index is 12.8. The summed E-state index contributed by atoms with van der Waals surface area (Å²) in [5.74, 6) is -0.528. The third kappa shape index (κ3) is 6.64. The third-order valence-electron chi connectivity index (χ3n) is 5.06. The lowest BCUT2D eigenvalue weighted by Crippen LogP contribution is -2.16. The van der Waals surface area contributed by atoms with Gasteiger partial charge in [-0.25, -0.2) is 4.79 Å². The highest BCUT2D eigenvalue weighted by molar-refractivity contribution is 7.16. The van der Waals surface area contributed by atoms with Crippen molar-refractivity contribution >= 4 is 57.5 Å². The fraction of sp³-hybridized carbons (Fsp3) is 0.192. The fourth-order valence-corrected chi connectivity index (χ4v) is 4.62. The maximum Gasteiger partial charge on any atom is 0.341 e. The van der Waals surface area contributed by atoms with Crippen LogP contribution in [0.25, 0.3) is 6.08 Å². The minimum Gasteiger partial charge on any atom is -0.489 e. The zero-order chi connectivity index (χ0) is 25.5. The average molecular weight is 529 g/mol. The molecule has 0 aliphatic heterocycles. The van der Waals surface area contributed by atoms with Crippen molar-refractivity contribution in [2.24, 2.45) is 0 Å². The van der Waals surface area contributed by atoms with Crippen molar-refractivity contribution in [3.05, 3.63) is 85.2 Å². The van der Waals surface area contributed by atoms with Gasteiger partial charge in [-0.05, 0) is 62.2 Å². The largest absolute Gasteiger partial charge is 0.489 e. The first-order chi connectivity index (χ1) is 16.7. The van der Waals surface area contributed by atoms with Gasteiger partial charge in [-0.2, -0.15) is 5.26 Å². The number of ether oxygens (including phenoxy) is 2. The molecule has 0 bridgehead atoms. The van der Waals surface area contributed by atoms with Gasteiger partial charge in [-0.1, -0.05) is 41.4 Å². The van der Waals surface area contributed by atoms with Gasteiger partial charge in [-0.3, -0.25) is 4.79 Å². The van der Waals surface area contributed by atoms with Gasteiger partial charge < -0.3 is 14.8 Å². The molecule has 3 aromatic rings. The Morgan fingerprint density at radius 2 is 1.86 bits per heavy atom. The van der Waals surface area contributed by atoms with Crippen LogP contribution in [0.2, 0.25) is 10.0 Å². The van der Waals surface area contributed by atoms with Gasteiger partial charge in [0.1, 0.15) is 29.0 Å². The molecule has 1 N–H and O–H groups in total. The Balaban J connectivity index is 1.72. The first-order valence-corrected chi connectivity index (χ1v) is 12.2. The minimum absolute atomic E-state index is 0.106. The topological polar surface area (TPSA) is 88.4 Å². The lowest BCUT2D eigenvalue weighted by atomic mass is 10.1. The quantitative estimate of drug-likeness (QED) is 0.193. The minimum atomic E-state index is -0.614. The van der Waals surface area contributed by atoms with E-state index >= 15 is 0 Å². The van der Waals surface area contributed by atoms with E-state index in [1.807, 2.05) is 13.0 Å². The molecule has 1 amide bonds. The first-order valence-electron chi connectivity index (χ1n) is 10.6. The number of halogens is 2. The zero-order valence-electron chi connectivity index (χ0n) is 19.3. The number of benzene rings is 2. The Morgan fingerprint density at radius 3 is 2.49 bits per heavy atom. The second kappa shape index (κ2) is 11.9. The lowest BCUT2D eigenvalue weighted by molar-refractivity contribution is -0.112. The van der Waals surface area contributed by atoms with Gasteiger partial charge in [0.05, 0.1) is 12.2 Å². The molecule has 0 unspecified atom stereocenters. The number of esters is 1. The summed E-state index contributed by atoms with van der Waals surface area (Å²) >= 11 is 13.3. The van der Waals surface area contributed by atoms with Crippen LogP contribution in [-0.4, -0.2) is 18.5 Å². The van der Waals surface area contributed by atoms with E-state index in [9.17, 15) is 14.9 Å². The highest BCUT2D eigenvalue weighted by Crippen LogP contribution is 2.33. The number of thiophene rings is 1. The number of nitriles is 1. The van der Waals surface area contributed by atoms with E-state index in [-0.39, 0.29) is 18.8 Å². The summed E-state index contributed by atoms with van der Waals surface area (Å²) in [5, 5.41) is 13.7. The molecule has 9 heteroatoms. The van der Waals surface area contributed by atoms with E-state index in [2.05, 4.69) is 5.32 Å². The number of anilines is 1. The molecule has 0 spiro atoms. The number of carbonyl (C=O) groups is 2. The van der Waals surface area contributed by atoms with E-state index < -0.39 is 11.9 Å². The van der Waals surface area contributed by atoms with Crippen LogP contribution in [-0.2, 0) is 16.1 Å². The molecule has 0 radical (unpaired) electrons. The van der Waals surface area contributed by atoms with Crippen molar-refractivity contribution in [2.75, 3.05) is 11.9 Å². The van der Waals surface area contributed by atoms with Crippen LogP contribution in [0.3, 0.4) is 0 Å². The van der Waals surface area contributed by atoms with E-state index in [1.54, 1.807) is 56.3 Å². The van der Waals surface area contributed by atoms with Crippen LogP contribution < -0.4 is 10.1 Å². The highest BCUT2D eigenvalue weighted by Gasteiger charge is 2.23. The second-order valence-electron chi connectivity index (χ2n) is 7.43. The molecule has 1 heterocycles. The summed E-state index contributed by atoms with van der Waals surface area (Å²) in [7, 11) is 0. The van der Waals surface area contributed by atoms with Gasteiger partial charge in [-0.15, -0.1) is 11.3 Å². The molecular formula is C26H22Cl2N2O4S. The molecule has 2 aromatic carbocycles. The predicted molar refractivity (Wildman–Crippen MR) is 139 cm³/mol.